The number of rotatable bonds is 12. The lowest BCUT2D eigenvalue weighted by Gasteiger charge is -2.23. The van der Waals surface area contributed by atoms with Gasteiger partial charge in [-0.3, -0.25) is 9.78 Å². The fraction of sp³-hybridized carbons (Fsp3) is 0.571. The van der Waals surface area contributed by atoms with E-state index in [9.17, 15) is 4.79 Å². The van der Waals surface area contributed by atoms with Gasteiger partial charge in [0.1, 0.15) is 0 Å². The van der Waals surface area contributed by atoms with E-state index in [-0.39, 0.29) is 11.9 Å². The van der Waals surface area contributed by atoms with Crippen LogP contribution in [0.25, 0.3) is 0 Å². The Morgan fingerprint density at radius 2 is 1.85 bits per heavy atom. The lowest BCUT2D eigenvalue weighted by atomic mass is 9.95. The zero-order chi connectivity index (χ0) is 23.6. The van der Waals surface area contributed by atoms with Crippen molar-refractivity contribution in [2.45, 2.75) is 89.5 Å². The Bertz CT molecular complexity index is 897. The van der Waals surface area contributed by atoms with E-state index < -0.39 is 0 Å². The number of fused-ring (bicyclic) bond motifs is 1. The summed E-state index contributed by atoms with van der Waals surface area (Å²) in [4.78, 5) is 16.9. The van der Waals surface area contributed by atoms with E-state index in [2.05, 4.69) is 44.5 Å². The van der Waals surface area contributed by atoms with E-state index in [0.29, 0.717) is 19.1 Å². The zero-order valence-corrected chi connectivity index (χ0v) is 20.6. The van der Waals surface area contributed by atoms with Crippen LogP contribution in [0.15, 0.2) is 42.6 Å². The molecule has 0 bridgehead atoms. The normalized spacial score (nSPS) is 19.0. The summed E-state index contributed by atoms with van der Waals surface area (Å²) in [6.45, 7) is 5.21. The van der Waals surface area contributed by atoms with E-state index >= 15 is 0 Å². The van der Waals surface area contributed by atoms with Crippen LogP contribution in [0.4, 0.5) is 0 Å². The minimum absolute atomic E-state index is 0.0201. The minimum Gasteiger partial charge on any atom is -0.351 e. The molecule has 0 aliphatic heterocycles. The number of carbonyl (C=O) groups is 1. The molecule has 1 aromatic heterocycles. The van der Waals surface area contributed by atoms with E-state index in [4.69, 9.17) is 0 Å². The average molecular weight is 464 g/mol. The first-order valence-corrected chi connectivity index (χ1v) is 13.2. The van der Waals surface area contributed by atoms with Gasteiger partial charge in [0.2, 0.25) is 5.91 Å². The Kier molecular flexibility index (Phi) is 9.48. The first-order chi connectivity index (χ1) is 16.7. The smallest absolute Gasteiger partial charge is 0.237 e. The Balaban J connectivity index is 1.19. The van der Waals surface area contributed by atoms with E-state index in [0.717, 1.165) is 37.7 Å². The minimum atomic E-state index is -0.268. The summed E-state index contributed by atoms with van der Waals surface area (Å²) in [5, 5.41) is 13.9. The van der Waals surface area contributed by atoms with Crippen molar-refractivity contribution in [1.29, 1.82) is 0 Å². The maximum atomic E-state index is 12.6. The van der Waals surface area contributed by atoms with Crippen LogP contribution >= 0.6 is 0 Å². The molecule has 4 N–H and O–H groups in total. The molecule has 0 spiro atoms. The van der Waals surface area contributed by atoms with E-state index in [1.165, 1.54) is 55.2 Å². The summed E-state index contributed by atoms with van der Waals surface area (Å²) in [5.41, 5.74) is 5.00. The molecule has 184 valence electrons. The molecule has 34 heavy (non-hydrogen) atoms. The largest absolute Gasteiger partial charge is 0.351 e. The molecule has 2 atom stereocenters. The molecule has 0 radical (unpaired) electrons. The van der Waals surface area contributed by atoms with Crippen LogP contribution < -0.4 is 21.3 Å². The number of nitrogens with one attached hydrogen (secondary N) is 4. The average Bonchev–Trinajstić information content (AvgIpc) is 3.30. The van der Waals surface area contributed by atoms with Gasteiger partial charge >= 0.3 is 0 Å². The maximum absolute atomic E-state index is 12.6. The van der Waals surface area contributed by atoms with Crippen molar-refractivity contribution >= 4 is 5.91 Å². The van der Waals surface area contributed by atoms with Crippen molar-refractivity contribution < 1.29 is 4.79 Å². The van der Waals surface area contributed by atoms with Crippen LogP contribution in [0, 0.1) is 0 Å². The number of nitrogens with zero attached hydrogens (tertiary/aromatic N) is 1. The monoisotopic (exact) mass is 463 g/mol. The molecule has 1 amide bonds. The van der Waals surface area contributed by atoms with Crippen molar-refractivity contribution in [2.75, 3.05) is 13.1 Å². The van der Waals surface area contributed by atoms with Crippen LogP contribution in [0.1, 0.15) is 80.3 Å². The van der Waals surface area contributed by atoms with Gasteiger partial charge < -0.3 is 21.3 Å². The van der Waals surface area contributed by atoms with Gasteiger partial charge in [0.15, 0.2) is 0 Å². The van der Waals surface area contributed by atoms with E-state index in [1.807, 2.05) is 25.1 Å². The number of aromatic nitrogens is 1. The first-order valence-electron chi connectivity index (χ1n) is 13.2. The Labute approximate surface area is 204 Å². The molecular weight excluding hydrogens is 422 g/mol. The summed E-state index contributed by atoms with van der Waals surface area (Å²) in [6.07, 6.45) is 12.0. The SMILES string of the molecule is C[C@H](NCc1ccccn1)C(=O)NCc1cccc2c1CCC2NCCCNC1CCCCC1. The van der Waals surface area contributed by atoms with Crippen molar-refractivity contribution in [2.24, 2.45) is 0 Å². The second-order valence-electron chi connectivity index (χ2n) is 9.81. The maximum Gasteiger partial charge on any atom is 0.237 e. The third kappa shape index (κ3) is 7.11. The summed E-state index contributed by atoms with van der Waals surface area (Å²) in [6, 6.07) is 13.3. The van der Waals surface area contributed by atoms with Gasteiger partial charge in [-0.05, 0) is 80.9 Å². The van der Waals surface area contributed by atoms with Crippen LogP contribution in [-0.2, 0) is 24.3 Å². The Hall–Kier alpha value is -2.28. The highest BCUT2D eigenvalue weighted by molar-refractivity contribution is 5.81. The van der Waals surface area contributed by atoms with Gasteiger partial charge in [0.25, 0.3) is 0 Å². The molecule has 6 nitrogen and oxygen atoms in total. The highest BCUT2D eigenvalue weighted by Crippen LogP contribution is 2.33. The van der Waals surface area contributed by atoms with Crippen molar-refractivity contribution in [3.63, 3.8) is 0 Å². The lowest BCUT2D eigenvalue weighted by Crippen LogP contribution is -2.41. The molecule has 0 saturated heterocycles. The van der Waals surface area contributed by atoms with Crippen molar-refractivity contribution in [3.05, 3.63) is 65.0 Å². The quantitative estimate of drug-likeness (QED) is 0.361. The molecular formula is C28H41N5O. The van der Waals surface area contributed by atoms with Gasteiger partial charge in [-0.2, -0.15) is 0 Å². The summed E-state index contributed by atoms with van der Waals surface area (Å²) >= 11 is 0. The number of carbonyl (C=O) groups excluding carboxylic acids is 1. The fourth-order valence-corrected chi connectivity index (χ4v) is 5.27. The number of benzene rings is 1. The van der Waals surface area contributed by atoms with Gasteiger partial charge in [-0.1, -0.05) is 43.5 Å². The molecule has 6 heteroatoms. The van der Waals surface area contributed by atoms with Crippen LogP contribution in [-0.4, -0.2) is 36.1 Å². The molecule has 2 aliphatic carbocycles. The standard InChI is InChI=1S/C28H41N5O/c1-21(32-20-24-12-5-6-16-30-24)28(34)33-19-22-9-7-13-26-25(22)14-15-27(26)31-18-8-17-29-23-10-3-2-4-11-23/h5-7,9,12-13,16,21,23,27,29,31-32H,2-4,8,10-11,14-15,17-20H2,1H3,(H,33,34)/t21-,27?/m0/s1. The topological polar surface area (TPSA) is 78.1 Å². The number of pyridine rings is 1. The second kappa shape index (κ2) is 13.0. The molecule has 1 heterocycles. The predicted molar refractivity (Wildman–Crippen MR) is 137 cm³/mol. The molecule has 2 aliphatic rings. The fourth-order valence-electron chi connectivity index (χ4n) is 5.27. The molecule has 1 aromatic carbocycles. The molecule has 1 fully saturated rings. The number of hydrogen-bond donors (Lipinski definition) is 4. The Morgan fingerprint density at radius 1 is 1.00 bits per heavy atom. The van der Waals surface area contributed by atoms with Crippen LogP contribution in [0.2, 0.25) is 0 Å². The van der Waals surface area contributed by atoms with Gasteiger partial charge in [-0.25, -0.2) is 0 Å². The molecule has 1 unspecified atom stereocenters. The van der Waals surface area contributed by atoms with Crippen LogP contribution in [0.5, 0.6) is 0 Å². The highest BCUT2D eigenvalue weighted by Gasteiger charge is 2.24. The molecule has 4 rings (SSSR count). The number of amides is 1. The summed E-state index contributed by atoms with van der Waals surface area (Å²) in [5.74, 6) is 0.0201. The van der Waals surface area contributed by atoms with E-state index in [1.54, 1.807) is 6.20 Å². The first kappa shape index (κ1) is 24.8. The highest BCUT2D eigenvalue weighted by atomic mass is 16.2. The Morgan fingerprint density at radius 3 is 2.68 bits per heavy atom. The third-order valence-electron chi connectivity index (χ3n) is 7.31. The summed E-state index contributed by atoms with van der Waals surface area (Å²) < 4.78 is 0. The zero-order valence-electron chi connectivity index (χ0n) is 20.6. The van der Waals surface area contributed by atoms with Crippen molar-refractivity contribution in [1.82, 2.24) is 26.3 Å². The van der Waals surface area contributed by atoms with Gasteiger partial charge in [0, 0.05) is 31.4 Å². The lowest BCUT2D eigenvalue weighted by molar-refractivity contribution is -0.122. The van der Waals surface area contributed by atoms with Crippen LogP contribution in [0.3, 0.4) is 0 Å². The molecule has 2 aromatic rings. The number of hydrogen-bond acceptors (Lipinski definition) is 5. The van der Waals surface area contributed by atoms with Gasteiger partial charge in [-0.15, -0.1) is 0 Å². The second-order valence-corrected chi connectivity index (χ2v) is 9.81. The predicted octanol–water partition coefficient (Wildman–Crippen LogP) is 3.77. The third-order valence-corrected chi connectivity index (χ3v) is 7.31. The molecule has 1 saturated carbocycles. The summed E-state index contributed by atoms with van der Waals surface area (Å²) in [7, 11) is 0. The van der Waals surface area contributed by atoms with Crippen molar-refractivity contribution in [3.8, 4) is 0 Å². The van der Waals surface area contributed by atoms with Gasteiger partial charge in [0.05, 0.1) is 11.7 Å².